The molecule has 1 aliphatic rings. The second-order valence-corrected chi connectivity index (χ2v) is 6.15. The highest BCUT2D eigenvalue weighted by molar-refractivity contribution is 9.09. The molecule has 0 bridgehead atoms. The van der Waals surface area contributed by atoms with E-state index in [9.17, 15) is 9.90 Å². The van der Waals surface area contributed by atoms with Crippen LogP contribution >= 0.6 is 15.9 Å². The van der Waals surface area contributed by atoms with E-state index >= 15 is 0 Å². The van der Waals surface area contributed by atoms with Crippen molar-refractivity contribution in [1.29, 1.82) is 0 Å². The van der Waals surface area contributed by atoms with Crippen LogP contribution in [0.4, 0.5) is 0 Å². The summed E-state index contributed by atoms with van der Waals surface area (Å²) in [6.07, 6.45) is 1.78. The van der Waals surface area contributed by atoms with Gasteiger partial charge in [-0.25, -0.2) is 0 Å². The van der Waals surface area contributed by atoms with E-state index in [-0.39, 0.29) is 29.3 Å². The Bertz CT molecular complexity index is 282. The average Bonchev–Trinajstić information content (AvgIpc) is 2.52. The van der Waals surface area contributed by atoms with Crippen LogP contribution in [-0.4, -0.2) is 41.9 Å². The Labute approximate surface area is 106 Å². The van der Waals surface area contributed by atoms with Gasteiger partial charge in [0.2, 0.25) is 5.91 Å². The second-order valence-electron chi connectivity index (χ2n) is 5.59. The van der Waals surface area contributed by atoms with E-state index in [1.807, 2.05) is 0 Å². The minimum Gasteiger partial charge on any atom is -0.396 e. The minimum atomic E-state index is -0.164. The topological polar surface area (TPSA) is 40.5 Å². The molecule has 0 heterocycles. The molecule has 0 spiro atoms. The Kier molecular flexibility index (Phi) is 4.06. The van der Waals surface area contributed by atoms with E-state index in [0.29, 0.717) is 0 Å². The number of halogens is 1. The van der Waals surface area contributed by atoms with Crippen LogP contribution < -0.4 is 0 Å². The van der Waals surface area contributed by atoms with Gasteiger partial charge in [0.25, 0.3) is 0 Å². The van der Waals surface area contributed by atoms with Gasteiger partial charge in [0, 0.05) is 32.0 Å². The molecule has 0 aliphatic heterocycles. The minimum absolute atomic E-state index is 0.0130. The van der Waals surface area contributed by atoms with Crippen molar-refractivity contribution >= 4 is 21.8 Å². The third kappa shape index (κ3) is 1.90. The summed E-state index contributed by atoms with van der Waals surface area (Å²) in [5.41, 5.74) is -0.323. The SMILES string of the molecule is CN(C)C(=O)[C@@H]1CC[C@](C)(CO)[C@@]1(C)CBr. The lowest BCUT2D eigenvalue weighted by Gasteiger charge is -2.42. The van der Waals surface area contributed by atoms with Gasteiger partial charge in [-0.3, -0.25) is 4.79 Å². The molecule has 3 nitrogen and oxygen atoms in total. The molecule has 1 rings (SSSR count). The predicted octanol–water partition coefficient (Wildman–Crippen LogP) is 1.88. The highest BCUT2D eigenvalue weighted by Gasteiger charge is 2.56. The molecule has 3 atom stereocenters. The summed E-state index contributed by atoms with van der Waals surface area (Å²) in [7, 11) is 3.59. The highest BCUT2D eigenvalue weighted by Crippen LogP contribution is 2.57. The van der Waals surface area contributed by atoms with E-state index in [1.165, 1.54) is 0 Å². The molecule has 0 aromatic heterocycles. The maximum Gasteiger partial charge on any atom is 0.225 e. The highest BCUT2D eigenvalue weighted by atomic mass is 79.9. The normalized spacial score (nSPS) is 38.8. The van der Waals surface area contributed by atoms with E-state index in [1.54, 1.807) is 19.0 Å². The number of rotatable bonds is 3. The number of carbonyl (C=O) groups is 1. The first-order chi connectivity index (χ1) is 7.32. The van der Waals surface area contributed by atoms with Crippen LogP contribution in [0.25, 0.3) is 0 Å². The number of carbonyl (C=O) groups excluding carboxylic acids is 1. The molecular weight excluding hydrogens is 270 g/mol. The number of aliphatic hydroxyl groups excluding tert-OH is 1. The van der Waals surface area contributed by atoms with E-state index < -0.39 is 0 Å². The molecule has 4 heteroatoms. The molecule has 1 amide bonds. The molecule has 1 N–H and O–H groups in total. The Hall–Kier alpha value is -0.0900. The smallest absolute Gasteiger partial charge is 0.225 e. The van der Waals surface area contributed by atoms with Crippen LogP contribution in [0, 0.1) is 16.7 Å². The molecule has 0 aromatic carbocycles. The van der Waals surface area contributed by atoms with Crippen LogP contribution in [0.5, 0.6) is 0 Å². The zero-order valence-corrected chi connectivity index (χ0v) is 12.2. The van der Waals surface area contributed by atoms with Gasteiger partial charge < -0.3 is 10.0 Å². The van der Waals surface area contributed by atoms with Crippen molar-refractivity contribution in [2.45, 2.75) is 26.7 Å². The molecule has 94 valence electrons. The summed E-state index contributed by atoms with van der Waals surface area (Å²) in [4.78, 5) is 13.8. The Morgan fingerprint density at radius 1 is 1.50 bits per heavy atom. The molecule has 0 aromatic rings. The van der Waals surface area contributed by atoms with Crippen molar-refractivity contribution < 1.29 is 9.90 Å². The molecule has 1 aliphatic carbocycles. The van der Waals surface area contributed by atoms with Crippen molar-refractivity contribution in [2.24, 2.45) is 16.7 Å². The van der Waals surface area contributed by atoms with Gasteiger partial charge in [0.15, 0.2) is 0 Å². The average molecular weight is 292 g/mol. The van der Waals surface area contributed by atoms with Crippen molar-refractivity contribution in [3.63, 3.8) is 0 Å². The Morgan fingerprint density at radius 2 is 2.06 bits per heavy atom. The number of hydrogen-bond acceptors (Lipinski definition) is 2. The maximum atomic E-state index is 12.1. The molecule has 0 saturated heterocycles. The van der Waals surface area contributed by atoms with Crippen LogP contribution in [0.1, 0.15) is 26.7 Å². The molecule has 1 saturated carbocycles. The summed E-state index contributed by atoms with van der Waals surface area (Å²) in [6, 6.07) is 0. The van der Waals surface area contributed by atoms with Crippen LogP contribution in [0.15, 0.2) is 0 Å². The van der Waals surface area contributed by atoms with Crippen LogP contribution in [0.2, 0.25) is 0 Å². The van der Waals surface area contributed by atoms with Gasteiger partial charge in [-0.1, -0.05) is 29.8 Å². The van der Waals surface area contributed by atoms with Crippen molar-refractivity contribution in [1.82, 2.24) is 4.90 Å². The fourth-order valence-electron chi connectivity index (χ4n) is 2.71. The number of hydrogen-bond donors (Lipinski definition) is 1. The zero-order chi connectivity index (χ0) is 12.6. The zero-order valence-electron chi connectivity index (χ0n) is 10.6. The summed E-state index contributed by atoms with van der Waals surface area (Å²) in [5, 5.41) is 10.3. The molecular formula is C12H22BrNO2. The Balaban J connectivity index is 3.03. The number of aliphatic hydroxyl groups is 1. The second kappa shape index (κ2) is 4.65. The first kappa shape index (κ1) is 14.0. The lowest BCUT2D eigenvalue weighted by atomic mass is 9.66. The quantitative estimate of drug-likeness (QED) is 0.807. The number of nitrogens with zero attached hydrogens (tertiary/aromatic N) is 1. The number of alkyl halides is 1. The third-order valence-corrected chi connectivity index (χ3v) is 5.66. The summed E-state index contributed by atoms with van der Waals surface area (Å²) in [5.74, 6) is 0.193. The van der Waals surface area contributed by atoms with E-state index in [4.69, 9.17) is 0 Å². The van der Waals surface area contributed by atoms with E-state index in [2.05, 4.69) is 29.8 Å². The summed E-state index contributed by atoms with van der Waals surface area (Å²) < 4.78 is 0. The first-order valence-corrected chi connectivity index (χ1v) is 6.82. The van der Waals surface area contributed by atoms with E-state index in [0.717, 1.165) is 18.2 Å². The van der Waals surface area contributed by atoms with Gasteiger partial charge in [0.1, 0.15) is 0 Å². The monoisotopic (exact) mass is 291 g/mol. The van der Waals surface area contributed by atoms with Crippen LogP contribution in [0.3, 0.4) is 0 Å². The molecule has 1 fully saturated rings. The predicted molar refractivity (Wildman–Crippen MR) is 68.5 cm³/mol. The van der Waals surface area contributed by atoms with Crippen LogP contribution in [-0.2, 0) is 4.79 Å². The van der Waals surface area contributed by atoms with Gasteiger partial charge >= 0.3 is 0 Å². The molecule has 16 heavy (non-hydrogen) atoms. The standard InChI is InChI=1S/C12H22BrNO2/c1-11(8-15)6-5-9(10(16)14(3)4)12(11,2)7-13/h9,15H,5-8H2,1-4H3/t9-,11+,12-/m0/s1. The number of amides is 1. The fraction of sp³-hybridized carbons (Fsp3) is 0.917. The third-order valence-electron chi connectivity index (χ3n) is 4.50. The lowest BCUT2D eigenvalue weighted by Crippen LogP contribution is -2.46. The first-order valence-electron chi connectivity index (χ1n) is 5.70. The summed E-state index contributed by atoms with van der Waals surface area (Å²) >= 11 is 3.52. The van der Waals surface area contributed by atoms with Crippen molar-refractivity contribution in [3.8, 4) is 0 Å². The summed E-state index contributed by atoms with van der Waals surface area (Å²) in [6.45, 7) is 4.33. The van der Waals surface area contributed by atoms with Crippen molar-refractivity contribution in [2.75, 3.05) is 26.0 Å². The maximum absolute atomic E-state index is 12.1. The largest absolute Gasteiger partial charge is 0.396 e. The van der Waals surface area contributed by atoms with Gasteiger partial charge in [-0.05, 0) is 23.7 Å². The lowest BCUT2D eigenvalue weighted by molar-refractivity contribution is -0.137. The Morgan fingerprint density at radius 3 is 2.44 bits per heavy atom. The van der Waals surface area contributed by atoms with Crippen molar-refractivity contribution in [3.05, 3.63) is 0 Å². The molecule has 0 unspecified atom stereocenters. The van der Waals surface area contributed by atoms with Gasteiger partial charge in [0.05, 0.1) is 0 Å². The van der Waals surface area contributed by atoms with Gasteiger partial charge in [-0.15, -0.1) is 0 Å². The molecule has 0 radical (unpaired) electrons. The van der Waals surface area contributed by atoms with Gasteiger partial charge in [-0.2, -0.15) is 0 Å². The fourth-order valence-corrected chi connectivity index (χ4v) is 3.78.